The molecule has 21 heavy (non-hydrogen) atoms. The largest absolute Gasteiger partial charge is 0.378 e. The second kappa shape index (κ2) is 5.71. The van der Waals surface area contributed by atoms with Crippen molar-refractivity contribution in [1.29, 1.82) is 5.26 Å². The van der Waals surface area contributed by atoms with Crippen LogP contribution in [0.3, 0.4) is 0 Å². The van der Waals surface area contributed by atoms with Gasteiger partial charge in [-0.2, -0.15) is 5.26 Å². The standard InChI is InChI=1S/C17H19N3O/c1-12-9-13(2)15-11-14(3-4-18)17(19-16(15)10-12)20-5-7-21-8-6-20/h9-11H,3,5-8H2,1-2H3. The van der Waals surface area contributed by atoms with Crippen molar-refractivity contribution in [2.24, 2.45) is 0 Å². The van der Waals surface area contributed by atoms with Crippen LogP contribution in [0.5, 0.6) is 0 Å². The maximum absolute atomic E-state index is 9.11. The molecule has 4 heteroatoms. The average molecular weight is 281 g/mol. The highest BCUT2D eigenvalue weighted by atomic mass is 16.5. The van der Waals surface area contributed by atoms with Gasteiger partial charge in [0, 0.05) is 24.0 Å². The molecule has 3 rings (SSSR count). The molecule has 0 saturated carbocycles. The number of fused-ring (bicyclic) bond motifs is 1. The third-order valence-corrected chi connectivity index (χ3v) is 3.92. The molecule has 0 atom stereocenters. The number of nitriles is 1. The van der Waals surface area contributed by atoms with Crippen LogP contribution in [0, 0.1) is 25.2 Å². The molecule has 0 radical (unpaired) electrons. The quantitative estimate of drug-likeness (QED) is 0.849. The molecule has 1 aromatic carbocycles. The number of benzene rings is 1. The lowest BCUT2D eigenvalue weighted by Gasteiger charge is -2.29. The van der Waals surface area contributed by atoms with Crippen molar-refractivity contribution in [2.75, 3.05) is 31.2 Å². The number of aryl methyl sites for hydroxylation is 2. The van der Waals surface area contributed by atoms with Crippen LogP contribution in [-0.2, 0) is 11.2 Å². The normalized spacial score (nSPS) is 15.2. The van der Waals surface area contributed by atoms with Crippen LogP contribution in [0.15, 0.2) is 18.2 Å². The molecule has 1 fully saturated rings. The molecule has 0 unspecified atom stereocenters. The van der Waals surface area contributed by atoms with E-state index in [9.17, 15) is 0 Å². The van der Waals surface area contributed by atoms with E-state index < -0.39 is 0 Å². The van der Waals surface area contributed by atoms with Crippen molar-refractivity contribution >= 4 is 16.7 Å². The number of hydrogen-bond acceptors (Lipinski definition) is 4. The van der Waals surface area contributed by atoms with Crippen molar-refractivity contribution in [3.8, 4) is 6.07 Å². The van der Waals surface area contributed by atoms with Gasteiger partial charge in [0.05, 0.1) is 31.2 Å². The van der Waals surface area contributed by atoms with Crippen LogP contribution in [0.2, 0.25) is 0 Å². The highest BCUT2D eigenvalue weighted by Gasteiger charge is 2.17. The van der Waals surface area contributed by atoms with Gasteiger partial charge in [0.25, 0.3) is 0 Å². The lowest BCUT2D eigenvalue weighted by atomic mass is 10.0. The Bertz CT molecular complexity index is 712. The van der Waals surface area contributed by atoms with Crippen LogP contribution < -0.4 is 4.90 Å². The summed E-state index contributed by atoms with van der Waals surface area (Å²) in [5, 5.41) is 10.2. The smallest absolute Gasteiger partial charge is 0.133 e. The van der Waals surface area contributed by atoms with Gasteiger partial charge in [-0.15, -0.1) is 0 Å². The summed E-state index contributed by atoms with van der Waals surface area (Å²) in [4.78, 5) is 7.09. The van der Waals surface area contributed by atoms with E-state index in [1.54, 1.807) is 0 Å². The fourth-order valence-electron chi connectivity index (χ4n) is 2.93. The summed E-state index contributed by atoms with van der Waals surface area (Å²) in [6.45, 7) is 7.30. The SMILES string of the molecule is Cc1cc(C)c2cc(CC#N)c(N3CCOCC3)nc2c1. The van der Waals surface area contributed by atoms with Gasteiger partial charge in [-0.3, -0.25) is 0 Å². The van der Waals surface area contributed by atoms with Crippen molar-refractivity contribution in [3.05, 3.63) is 34.9 Å². The average Bonchev–Trinajstić information content (AvgIpc) is 2.48. The van der Waals surface area contributed by atoms with Crippen LogP contribution in [-0.4, -0.2) is 31.3 Å². The third-order valence-electron chi connectivity index (χ3n) is 3.92. The van der Waals surface area contributed by atoms with Crippen LogP contribution in [0.4, 0.5) is 5.82 Å². The van der Waals surface area contributed by atoms with E-state index in [-0.39, 0.29) is 0 Å². The van der Waals surface area contributed by atoms with Gasteiger partial charge in [0.2, 0.25) is 0 Å². The lowest BCUT2D eigenvalue weighted by Crippen LogP contribution is -2.37. The molecule has 0 aliphatic carbocycles. The third kappa shape index (κ3) is 2.70. The van der Waals surface area contributed by atoms with E-state index >= 15 is 0 Å². The summed E-state index contributed by atoms with van der Waals surface area (Å²) in [7, 11) is 0. The second-order valence-electron chi connectivity index (χ2n) is 5.55. The Labute approximate surface area is 125 Å². The Kier molecular flexibility index (Phi) is 3.76. The van der Waals surface area contributed by atoms with Crippen LogP contribution in [0.1, 0.15) is 16.7 Å². The topological polar surface area (TPSA) is 49.2 Å². The zero-order valence-corrected chi connectivity index (χ0v) is 12.5. The molecule has 0 N–H and O–H groups in total. The number of rotatable bonds is 2. The minimum absolute atomic E-state index is 0.392. The van der Waals surface area contributed by atoms with E-state index in [2.05, 4.69) is 43.0 Å². The number of pyridine rings is 1. The first-order valence-electron chi connectivity index (χ1n) is 7.29. The number of ether oxygens (including phenoxy) is 1. The molecule has 1 saturated heterocycles. The zero-order valence-electron chi connectivity index (χ0n) is 12.5. The molecule has 4 nitrogen and oxygen atoms in total. The number of anilines is 1. The minimum Gasteiger partial charge on any atom is -0.378 e. The van der Waals surface area contributed by atoms with E-state index in [1.807, 2.05) is 0 Å². The Hall–Kier alpha value is -2.12. The predicted octanol–water partition coefficient (Wildman–Crippen LogP) is 2.75. The van der Waals surface area contributed by atoms with Gasteiger partial charge in [0.15, 0.2) is 0 Å². The van der Waals surface area contributed by atoms with Crippen molar-refractivity contribution < 1.29 is 4.74 Å². The monoisotopic (exact) mass is 281 g/mol. The molecule has 0 spiro atoms. The first-order chi connectivity index (χ1) is 10.2. The zero-order chi connectivity index (χ0) is 14.8. The van der Waals surface area contributed by atoms with Gasteiger partial charge in [0.1, 0.15) is 5.82 Å². The highest BCUT2D eigenvalue weighted by Crippen LogP contribution is 2.27. The van der Waals surface area contributed by atoms with E-state index in [0.29, 0.717) is 6.42 Å². The number of nitrogens with zero attached hydrogens (tertiary/aromatic N) is 3. The van der Waals surface area contributed by atoms with Crippen molar-refractivity contribution in [1.82, 2.24) is 4.98 Å². The summed E-state index contributed by atoms with van der Waals surface area (Å²) < 4.78 is 5.41. The first kappa shape index (κ1) is 13.8. The number of morpholine rings is 1. The van der Waals surface area contributed by atoms with E-state index in [4.69, 9.17) is 15.0 Å². The Morgan fingerprint density at radius 1 is 1.24 bits per heavy atom. The Morgan fingerprint density at radius 2 is 2.00 bits per heavy atom. The summed E-state index contributed by atoms with van der Waals surface area (Å²) in [5.74, 6) is 0.942. The molecule has 1 aromatic heterocycles. The Morgan fingerprint density at radius 3 is 2.71 bits per heavy atom. The molecule has 1 aliphatic rings. The molecule has 0 amide bonds. The molecular formula is C17H19N3O. The highest BCUT2D eigenvalue weighted by molar-refractivity contribution is 5.85. The second-order valence-corrected chi connectivity index (χ2v) is 5.55. The maximum Gasteiger partial charge on any atom is 0.133 e. The van der Waals surface area contributed by atoms with Crippen LogP contribution in [0.25, 0.3) is 10.9 Å². The molecule has 1 aliphatic heterocycles. The van der Waals surface area contributed by atoms with E-state index in [0.717, 1.165) is 48.6 Å². The summed E-state index contributed by atoms with van der Waals surface area (Å²) >= 11 is 0. The lowest BCUT2D eigenvalue weighted by molar-refractivity contribution is 0.122. The number of aromatic nitrogens is 1. The maximum atomic E-state index is 9.11. The molecule has 0 bridgehead atoms. The van der Waals surface area contributed by atoms with Crippen molar-refractivity contribution in [2.45, 2.75) is 20.3 Å². The summed E-state index contributed by atoms with van der Waals surface area (Å²) in [6.07, 6.45) is 0.392. The van der Waals surface area contributed by atoms with Gasteiger partial charge in [-0.25, -0.2) is 4.98 Å². The van der Waals surface area contributed by atoms with Crippen LogP contribution >= 0.6 is 0 Å². The van der Waals surface area contributed by atoms with Crippen molar-refractivity contribution in [3.63, 3.8) is 0 Å². The summed E-state index contributed by atoms with van der Waals surface area (Å²) in [5.41, 5.74) is 4.45. The van der Waals surface area contributed by atoms with Gasteiger partial charge < -0.3 is 9.64 Å². The number of hydrogen-bond donors (Lipinski definition) is 0. The molecule has 108 valence electrons. The molecule has 2 heterocycles. The first-order valence-corrected chi connectivity index (χ1v) is 7.29. The van der Waals surface area contributed by atoms with E-state index in [1.165, 1.54) is 11.1 Å². The van der Waals surface area contributed by atoms with Gasteiger partial charge in [-0.1, -0.05) is 6.07 Å². The minimum atomic E-state index is 0.392. The summed E-state index contributed by atoms with van der Waals surface area (Å²) in [6, 6.07) is 8.67. The molecule has 2 aromatic rings. The van der Waals surface area contributed by atoms with Gasteiger partial charge >= 0.3 is 0 Å². The predicted molar refractivity (Wildman–Crippen MR) is 83.6 cm³/mol. The fourth-order valence-corrected chi connectivity index (χ4v) is 2.93. The Balaban J connectivity index is 2.16. The van der Waals surface area contributed by atoms with Gasteiger partial charge in [-0.05, 0) is 37.1 Å². The molecular weight excluding hydrogens is 262 g/mol. The fraction of sp³-hybridized carbons (Fsp3) is 0.412.